The number of amides is 1. The number of nitrogens with zero attached hydrogens (tertiary/aromatic N) is 1. The maximum Gasteiger partial charge on any atom is 0.241 e. The van der Waals surface area contributed by atoms with Crippen molar-refractivity contribution in [3.8, 4) is 0 Å². The van der Waals surface area contributed by atoms with Crippen molar-refractivity contribution in [3.05, 3.63) is 35.9 Å². The Morgan fingerprint density at radius 3 is 2.58 bits per heavy atom. The summed E-state index contributed by atoms with van der Waals surface area (Å²) < 4.78 is 0. The minimum absolute atomic E-state index is 0.0238. The molecule has 3 rings (SSSR count). The van der Waals surface area contributed by atoms with Crippen LogP contribution in [0.2, 0.25) is 0 Å². The predicted molar refractivity (Wildman–Crippen MR) is 75.7 cm³/mol. The molecule has 1 saturated carbocycles. The maximum atomic E-state index is 12.5. The topological polar surface area (TPSA) is 32.3 Å². The Hall–Kier alpha value is -1.35. The van der Waals surface area contributed by atoms with Crippen molar-refractivity contribution >= 4 is 5.91 Å². The van der Waals surface area contributed by atoms with Gasteiger partial charge >= 0.3 is 0 Å². The van der Waals surface area contributed by atoms with Crippen LogP contribution in [-0.4, -0.2) is 29.6 Å². The molecule has 1 aromatic carbocycles. The molecule has 1 amide bonds. The van der Waals surface area contributed by atoms with Gasteiger partial charge in [0.05, 0.1) is 12.7 Å². The summed E-state index contributed by atoms with van der Waals surface area (Å²) in [4.78, 5) is 14.5. The number of hydrogen-bond donors (Lipinski definition) is 1. The van der Waals surface area contributed by atoms with E-state index in [9.17, 15) is 4.79 Å². The van der Waals surface area contributed by atoms with E-state index in [1.165, 1.54) is 37.7 Å². The van der Waals surface area contributed by atoms with E-state index < -0.39 is 0 Å². The third-order valence-electron chi connectivity index (χ3n) is 4.39. The van der Waals surface area contributed by atoms with Gasteiger partial charge in [-0.1, -0.05) is 49.6 Å². The maximum absolute atomic E-state index is 12.5. The third kappa shape index (κ3) is 2.81. The molecule has 0 aromatic heterocycles. The molecule has 3 nitrogen and oxygen atoms in total. The monoisotopic (exact) mass is 258 g/mol. The highest BCUT2D eigenvalue weighted by molar-refractivity contribution is 5.84. The SMILES string of the molecule is O=C1C(Cc2ccccc2)NCN1C1CCCCC1. The van der Waals surface area contributed by atoms with Gasteiger partial charge < -0.3 is 4.90 Å². The van der Waals surface area contributed by atoms with Crippen LogP contribution < -0.4 is 5.32 Å². The smallest absolute Gasteiger partial charge is 0.241 e. The molecular formula is C16H22N2O. The molecule has 1 aliphatic heterocycles. The molecule has 19 heavy (non-hydrogen) atoms. The van der Waals surface area contributed by atoms with Gasteiger partial charge in [0.15, 0.2) is 0 Å². The lowest BCUT2D eigenvalue weighted by molar-refractivity contribution is -0.131. The molecule has 0 bridgehead atoms. The van der Waals surface area contributed by atoms with E-state index in [4.69, 9.17) is 0 Å². The fourth-order valence-corrected chi connectivity index (χ4v) is 3.28. The first-order chi connectivity index (χ1) is 9.34. The van der Waals surface area contributed by atoms with Crippen LogP contribution in [0.1, 0.15) is 37.7 Å². The Morgan fingerprint density at radius 1 is 1.11 bits per heavy atom. The van der Waals surface area contributed by atoms with Crippen LogP contribution >= 0.6 is 0 Å². The van der Waals surface area contributed by atoms with E-state index in [0.29, 0.717) is 11.9 Å². The quantitative estimate of drug-likeness (QED) is 0.902. The zero-order valence-electron chi connectivity index (χ0n) is 11.3. The van der Waals surface area contributed by atoms with E-state index in [1.54, 1.807) is 0 Å². The number of hydrogen-bond acceptors (Lipinski definition) is 2. The van der Waals surface area contributed by atoms with Crippen molar-refractivity contribution < 1.29 is 4.79 Å². The molecular weight excluding hydrogens is 236 g/mol. The molecule has 2 fully saturated rings. The van der Waals surface area contributed by atoms with Crippen LogP contribution in [0.4, 0.5) is 0 Å². The molecule has 1 unspecified atom stereocenters. The fourth-order valence-electron chi connectivity index (χ4n) is 3.28. The molecule has 3 heteroatoms. The molecule has 1 aromatic rings. The first-order valence-electron chi connectivity index (χ1n) is 7.42. The summed E-state index contributed by atoms with van der Waals surface area (Å²) in [5, 5.41) is 3.38. The lowest BCUT2D eigenvalue weighted by atomic mass is 9.94. The van der Waals surface area contributed by atoms with Gasteiger partial charge in [0.2, 0.25) is 5.91 Å². The number of nitrogens with one attached hydrogen (secondary N) is 1. The second-order valence-electron chi connectivity index (χ2n) is 5.70. The minimum atomic E-state index is -0.0238. The zero-order chi connectivity index (χ0) is 13.1. The Kier molecular flexibility index (Phi) is 3.83. The van der Waals surface area contributed by atoms with Crippen LogP contribution in [0.25, 0.3) is 0 Å². The molecule has 1 atom stereocenters. The highest BCUT2D eigenvalue weighted by atomic mass is 16.2. The van der Waals surface area contributed by atoms with Crippen molar-refractivity contribution in [1.82, 2.24) is 10.2 Å². The van der Waals surface area contributed by atoms with E-state index in [0.717, 1.165) is 13.1 Å². The summed E-state index contributed by atoms with van der Waals surface area (Å²) >= 11 is 0. The molecule has 1 aliphatic carbocycles. The summed E-state index contributed by atoms with van der Waals surface area (Å²) in [5.74, 6) is 0.302. The van der Waals surface area contributed by atoms with Crippen LogP contribution in [0.15, 0.2) is 30.3 Å². The summed E-state index contributed by atoms with van der Waals surface area (Å²) in [6.07, 6.45) is 7.06. The molecule has 1 N–H and O–H groups in total. The highest BCUT2D eigenvalue weighted by Crippen LogP contribution is 2.25. The Morgan fingerprint density at radius 2 is 1.84 bits per heavy atom. The van der Waals surface area contributed by atoms with Crippen molar-refractivity contribution in [2.24, 2.45) is 0 Å². The third-order valence-corrected chi connectivity index (χ3v) is 4.39. The van der Waals surface area contributed by atoms with Crippen molar-refractivity contribution in [1.29, 1.82) is 0 Å². The summed E-state index contributed by atoms with van der Waals surface area (Å²) in [6.45, 7) is 0.737. The van der Waals surface area contributed by atoms with Gasteiger partial charge in [0.1, 0.15) is 0 Å². The van der Waals surface area contributed by atoms with Crippen LogP contribution in [0, 0.1) is 0 Å². The van der Waals surface area contributed by atoms with Crippen LogP contribution in [0.3, 0.4) is 0 Å². The summed E-state index contributed by atoms with van der Waals surface area (Å²) in [6, 6.07) is 10.7. The van der Waals surface area contributed by atoms with Crippen molar-refractivity contribution in [2.45, 2.75) is 50.6 Å². The second-order valence-corrected chi connectivity index (χ2v) is 5.70. The molecule has 0 radical (unpaired) electrons. The van der Waals surface area contributed by atoms with E-state index in [1.807, 2.05) is 18.2 Å². The normalized spacial score (nSPS) is 24.9. The number of carbonyl (C=O) groups excluding carboxylic acids is 1. The largest absolute Gasteiger partial charge is 0.326 e. The predicted octanol–water partition coefficient (Wildman–Crippen LogP) is 2.32. The Balaban J connectivity index is 1.62. The van der Waals surface area contributed by atoms with Gasteiger partial charge in [-0.2, -0.15) is 0 Å². The molecule has 1 saturated heterocycles. The number of rotatable bonds is 3. The van der Waals surface area contributed by atoms with E-state index >= 15 is 0 Å². The van der Waals surface area contributed by atoms with E-state index in [2.05, 4.69) is 22.3 Å². The Bertz CT molecular complexity index is 426. The summed E-state index contributed by atoms with van der Waals surface area (Å²) in [5.41, 5.74) is 1.24. The van der Waals surface area contributed by atoms with Gasteiger partial charge in [-0.05, 0) is 24.8 Å². The minimum Gasteiger partial charge on any atom is -0.326 e. The molecule has 0 spiro atoms. The standard InChI is InChI=1S/C16H22N2O/c19-16-15(11-13-7-3-1-4-8-13)17-12-18(16)14-9-5-2-6-10-14/h1,3-4,7-8,14-15,17H,2,5-6,9-12H2. The van der Waals surface area contributed by atoms with Gasteiger partial charge in [-0.25, -0.2) is 0 Å². The zero-order valence-corrected chi connectivity index (χ0v) is 11.3. The Labute approximate surface area is 115 Å². The van der Waals surface area contributed by atoms with E-state index in [-0.39, 0.29) is 6.04 Å². The van der Waals surface area contributed by atoms with Gasteiger partial charge in [-0.15, -0.1) is 0 Å². The van der Waals surface area contributed by atoms with Crippen molar-refractivity contribution in [3.63, 3.8) is 0 Å². The summed E-state index contributed by atoms with van der Waals surface area (Å²) in [7, 11) is 0. The van der Waals surface area contributed by atoms with Crippen LogP contribution in [-0.2, 0) is 11.2 Å². The van der Waals surface area contributed by atoms with Gasteiger partial charge in [0, 0.05) is 6.04 Å². The lowest BCUT2D eigenvalue weighted by Gasteiger charge is -2.30. The highest BCUT2D eigenvalue weighted by Gasteiger charge is 2.35. The number of benzene rings is 1. The van der Waals surface area contributed by atoms with Gasteiger partial charge in [-0.3, -0.25) is 10.1 Å². The average Bonchev–Trinajstić information content (AvgIpc) is 2.82. The van der Waals surface area contributed by atoms with Crippen LogP contribution in [0.5, 0.6) is 0 Å². The molecule has 2 aliphatic rings. The lowest BCUT2D eigenvalue weighted by Crippen LogP contribution is -2.40. The number of carbonyl (C=O) groups is 1. The van der Waals surface area contributed by atoms with Gasteiger partial charge in [0.25, 0.3) is 0 Å². The van der Waals surface area contributed by atoms with Crippen molar-refractivity contribution in [2.75, 3.05) is 6.67 Å². The fraction of sp³-hybridized carbons (Fsp3) is 0.562. The second kappa shape index (κ2) is 5.74. The first-order valence-corrected chi connectivity index (χ1v) is 7.42. The molecule has 102 valence electrons. The average molecular weight is 258 g/mol. The molecule has 1 heterocycles. The first kappa shape index (κ1) is 12.7.